The standard InChI is InChI=1S/C22H30N4O3S/c1-16-21(17(2)26(24-16)20-10-13-30(28,29)15-20)22(27)23-19-8-11-25(12-9-19)14-18-6-4-3-5-7-18/h3-7,19-20H,8-15H2,1-2H3,(H,23,27)/t20-/m0/s1. The summed E-state index contributed by atoms with van der Waals surface area (Å²) in [4.78, 5) is 15.4. The highest BCUT2D eigenvalue weighted by atomic mass is 32.2. The highest BCUT2D eigenvalue weighted by Gasteiger charge is 2.33. The topological polar surface area (TPSA) is 84.3 Å². The molecule has 4 rings (SSSR count). The first kappa shape index (κ1) is 21.1. The Morgan fingerprint density at radius 3 is 2.47 bits per heavy atom. The van der Waals surface area contributed by atoms with Crippen LogP contribution in [0, 0.1) is 13.8 Å². The lowest BCUT2D eigenvalue weighted by atomic mass is 10.0. The van der Waals surface area contributed by atoms with Crippen LogP contribution in [0.3, 0.4) is 0 Å². The Bertz CT molecular complexity index is 1010. The maximum Gasteiger partial charge on any atom is 0.255 e. The van der Waals surface area contributed by atoms with Gasteiger partial charge in [0.1, 0.15) is 0 Å². The first-order chi connectivity index (χ1) is 14.3. The number of benzene rings is 1. The highest BCUT2D eigenvalue weighted by Crippen LogP contribution is 2.27. The molecule has 1 amide bonds. The van der Waals surface area contributed by atoms with Gasteiger partial charge in [-0.05, 0) is 38.7 Å². The van der Waals surface area contributed by atoms with Gasteiger partial charge >= 0.3 is 0 Å². The number of nitrogens with zero attached hydrogens (tertiary/aromatic N) is 3. The second-order valence-electron chi connectivity index (χ2n) is 8.56. The van der Waals surface area contributed by atoms with Gasteiger partial charge in [0.15, 0.2) is 9.84 Å². The second kappa shape index (κ2) is 8.51. The molecular formula is C22H30N4O3S. The molecule has 162 valence electrons. The van der Waals surface area contributed by atoms with Crippen LogP contribution in [0.2, 0.25) is 0 Å². The molecule has 2 saturated heterocycles. The van der Waals surface area contributed by atoms with Gasteiger partial charge in [-0.25, -0.2) is 8.42 Å². The zero-order valence-corrected chi connectivity index (χ0v) is 18.5. The Morgan fingerprint density at radius 2 is 1.83 bits per heavy atom. The van der Waals surface area contributed by atoms with Crippen LogP contribution in [0.5, 0.6) is 0 Å². The van der Waals surface area contributed by atoms with Crippen LogP contribution < -0.4 is 5.32 Å². The molecule has 3 heterocycles. The molecule has 1 N–H and O–H groups in total. The zero-order valence-electron chi connectivity index (χ0n) is 17.7. The minimum Gasteiger partial charge on any atom is -0.349 e. The SMILES string of the molecule is Cc1nn([C@H]2CCS(=O)(=O)C2)c(C)c1C(=O)NC1CCN(Cc2ccccc2)CC1. The summed E-state index contributed by atoms with van der Waals surface area (Å²) in [5, 5.41) is 7.70. The number of piperidine rings is 1. The molecule has 2 aliphatic rings. The Morgan fingerprint density at radius 1 is 1.13 bits per heavy atom. The molecule has 2 aromatic rings. The van der Waals surface area contributed by atoms with Crippen LogP contribution in [0.25, 0.3) is 0 Å². The average molecular weight is 431 g/mol. The third-order valence-corrected chi connectivity index (χ3v) is 8.03. The largest absolute Gasteiger partial charge is 0.349 e. The maximum atomic E-state index is 13.0. The first-order valence-electron chi connectivity index (χ1n) is 10.7. The number of hydrogen-bond donors (Lipinski definition) is 1. The molecule has 1 aromatic heterocycles. The van der Waals surface area contributed by atoms with Crippen LogP contribution in [0.15, 0.2) is 30.3 Å². The Balaban J connectivity index is 1.36. The lowest BCUT2D eigenvalue weighted by molar-refractivity contribution is 0.0907. The summed E-state index contributed by atoms with van der Waals surface area (Å²) in [6.07, 6.45) is 2.41. The maximum absolute atomic E-state index is 13.0. The summed E-state index contributed by atoms with van der Waals surface area (Å²) in [5.41, 5.74) is 3.32. The van der Waals surface area contributed by atoms with E-state index in [4.69, 9.17) is 0 Å². The van der Waals surface area contributed by atoms with E-state index in [0.717, 1.165) is 38.2 Å². The molecule has 0 spiro atoms. The number of sulfone groups is 1. The van der Waals surface area contributed by atoms with Crippen LogP contribution in [0.1, 0.15) is 52.6 Å². The van der Waals surface area contributed by atoms with Crippen LogP contribution in [0.4, 0.5) is 0 Å². The molecule has 7 nitrogen and oxygen atoms in total. The van der Waals surface area contributed by atoms with Gasteiger partial charge in [0.2, 0.25) is 0 Å². The lowest BCUT2D eigenvalue weighted by Gasteiger charge is -2.32. The van der Waals surface area contributed by atoms with Gasteiger partial charge < -0.3 is 5.32 Å². The first-order valence-corrected chi connectivity index (χ1v) is 12.5. The minimum atomic E-state index is -3.00. The summed E-state index contributed by atoms with van der Waals surface area (Å²) in [7, 11) is -3.00. The smallest absolute Gasteiger partial charge is 0.255 e. The van der Waals surface area contributed by atoms with Gasteiger partial charge in [-0.1, -0.05) is 30.3 Å². The third-order valence-electron chi connectivity index (χ3n) is 6.28. The van der Waals surface area contributed by atoms with Gasteiger partial charge in [-0.15, -0.1) is 0 Å². The third kappa shape index (κ3) is 4.59. The van der Waals surface area contributed by atoms with Crippen molar-refractivity contribution in [1.29, 1.82) is 0 Å². The van der Waals surface area contributed by atoms with Crippen molar-refractivity contribution in [2.45, 2.75) is 51.7 Å². The summed E-state index contributed by atoms with van der Waals surface area (Å²) < 4.78 is 25.4. The lowest BCUT2D eigenvalue weighted by Crippen LogP contribution is -2.44. The number of aromatic nitrogens is 2. The summed E-state index contributed by atoms with van der Waals surface area (Å²) >= 11 is 0. The Hall–Kier alpha value is -2.19. The van der Waals surface area contributed by atoms with E-state index in [-0.39, 0.29) is 29.5 Å². The number of hydrogen-bond acceptors (Lipinski definition) is 5. The van der Waals surface area contributed by atoms with Crippen molar-refractivity contribution in [2.75, 3.05) is 24.6 Å². The monoisotopic (exact) mass is 430 g/mol. The fraction of sp³-hybridized carbons (Fsp3) is 0.545. The fourth-order valence-electron chi connectivity index (χ4n) is 4.65. The van der Waals surface area contributed by atoms with E-state index in [2.05, 4.69) is 39.6 Å². The van der Waals surface area contributed by atoms with E-state index in [1.54, 1.807) is 4.68 Å². The summed E-state index contributed by atoms with van der Waals surface area (Å²) in [5.74, 6) is 0.202. The van der Waals surface area contributed by atoms with Crippen molar-refractivity contribution in [1.82, 2.24) is 20.0 Å². The predicted octanol–water partition coefficient (Wildman–Crippen LogP) is 2.25. The average Bonchev–Trinajstić information content (AvgIpc) is 3.22. The van der Waals surface area contributed by atoms with E-state index in [1.807, 2.05) is 19.9 Å². The number of aryl methyl sites for hydroxylation is 1. The van der Waals surface area contributed by atoms with Crippen LogP contribution >= 0.6 is 0 Å². The molecule has 2 aliphatic heterocycles. The van der Waals surface area contributed by atoms with Crippen molar-refractivity contribution in [3.63, 3.8) is 0 Å². The predicted molar refractivity (Wildman–Crippen MR) is 116 cm³/mol. The van der Waals surface area contributed by atoms with Crippen molar-refractivity contribution < 1.29 is 13.2 Å². The quantitative estimate of drug-likeness (QED) is 0.787. The van der Waals surface area contributed by atoms with Crippen molar-refractivity contribution in [2.24, 2.45) is 0 Å². The van der Waals surface area contributed by atoms with Crippen molar-refractivity contribution in [3.8, 4) is 0 Å². The van der Waals surface area contributed by atoms with Crippen molar-refractivity contribution >= 4 is 15.7 Å². The minimum absolute atomic E-state index is 0.0985. The number of rotatable bonds is 5. The number of carbonyl (C=O) groups is 1. The molecule has 0 aliphatic carbocycles. The fourth-order valence-corrected chi connectivity index (χ4v) is 6.34. The van der Waals surface area contributed by atoms with Gasteiger partial charge in [-0.2, -0.15) is 5.10 Å². The molecule has 30 heavy (non-hydrogen) atoms. The van der Waals surface area contributed by atoms with Gasteiger partial charge in [-0.3, -0.25) is 14.4 Å². The van der Waals surface area contributed by atoms with Gasteiger partial charge in [0, 0.05) is 31.4 Å². The zero-order chi connectivity index (χ0) is 21.3. The summed E-state index contributed by atoms with van der Waals surface area (Å²) in [6.45, 7) is 6.54. The number of carbonyl (C=O) groups excluding carboxylic acids is 1. The molecule has 0 radical (unpaired) electrons. The van der Waals surface area contributed by atoms with E-state index in [0.29, 0.717) is 17.7 Å². The highest BCUT2D eigenvalue weighted by molar-refractivity contribution is 7.91. The summed E-state index contributed by atoms with van der Waals surface area (Å²) in [6, 6.07) is 10.4. The molecule has 1 aromatic carbocycles. The van der Waals surface area contributed by atoms with Crippen molar-refractivity contribution in [3.05, 3.63) is 52.8 Å². The molecule has 2 fully saturated rings. The van der Waals surface area contributed by atoms with Gasteiger partial charge in [0.05, 0.1) is 28.8 Å². The molecule has 1 atom stereocenters. The number of likely N-dealkylation sites (tertiary alicyclic amines) is 1. The number of nitrogens with one attached hydrogen (secondary N) is 1. The van der Waals surface area contributed by atoms with Gasteiger partial charge in [0.25, 0.3) is 5.91 Å². The Kier molecular flexibility index (Phi) is 5.97. The van der Waals surface area contributed by atoms with Crippen LogP contribution in [-0.2, 0) is 16.4 Å². The molecule has 0 saturated carbocycles. The molecule has 8 heteroatoms. The van der Waals surface area contributed by atoms with Crippen LogP contribution in [-0.4, -0.2) is 59.6 Å². The van der Waals surface area contributed by atoms with E-state index in [9.17, 15) is 13.2 Å². The molecule has 0 bridgehead atoms. The normalized spacial score (nSPS) is 22.3. The van der Waals surface area contributed by atoms with E-state index < -0.39 is 9.84 Å². The molecule has 0 unspecified atom stereocenters. The second-order valence-corrected chi connectivity index (χ2v) is 10.8. The molecular weight excluding hydrogens is 400 g/mol. The Labute approximate surface area is 178 Å². The van der Waals surface area contributed by atoms with E-state index in [1.165, 1.54) is 5.56 Å². The number of amides is 1. The van der Waals surface area contributed by atoms with E-state index >= 15 is 0 Å².